The van der Waals surface area contributed by atoms with E-state index >= 15 is 0 Å². The largest absolute Gasteiger partial charge is 0.497 e. The van der Waals surface area contributed by atoms with Crippen LogP contribution in [0.25, 0.3) is 0 Å². The highest BCUT2D eigenvalue weighted by atomic mass is 35.5. The van der Waals surface area contributed by atoms with E-state index in [-0.39, 0.29) is 12.1 Å². The number of benzene rings is 2. The zero-order valence-corrected chi connectivity index (χ0v) is 17.5. The van der Waals surface area contributed by atoms with Crippen LogP contribution in [0.2, 0.25) is 5.02 Å². The monoisotopic (exact) mass is 415 g/mol. The number of carbonyl (C=O) groups excluding carboxylic acids is 1. The lowest BCUT2D eigenvalue weighted by Crippen LogP contribution is -2.55. The number of nitrogens with one attached hydrogen (secondary N) is 1. The molecule has 0 aliphatic carbocycles. The lowest BCUT2D eigenvalue weighted by Gasteiger charge is -2.37. The third kappa shape index (κ3) is 4.37. The lowest BCUT2D eigenvalue weighted by molar-refractivity contribution is 0.178. The predicted molar refractivity (Wildman–Crippen MR) is 114 cm³/mol. The van der Waals surface area contributed by atoms with Gasteiger partial charge in [0.05, 0.1) is 13.2 Å². The van der Waals surface area contributed by atoms with E-state index in [0.717, 1.165) is 47.3 Å². The van der Waals surface area contributed by atoms with E-state index in [0.29, 0.717) is 19.7 Å². The number of carbonyl (C=O) groups is 1. The molecule has 0 spiro atoms. The average molecular weight is 416 g/mol. The summed E-state index contributed by atoms with van der Waals surface area (Å²) in [5.41, 5.74) is 3.40. The summed E-state index contributed by atoms with van der Waals surface area (Å²) in [6.07, 6.45) is 0.736. The van der Waals surface area contributed by atoms with Gasteiger partial charge in [-0.15, -0.1) is 0 Å². The second-order valence-electron chi connectivity index (χ2n) is 7.54. The van der Waals surface area contributed by atoms with Crippen molar-refractivity contribution in [2.45, 2.75) is 19.4 Å². The molecule has 2 aromatic rings. The summed E-state index contributed by atoms with van der Waals surface area (Å²) in [6, 6.07) is 11.6. The smallest absolute Gasteiger partial charge is 0.317 e. The van der Waals surface area contributed by atoms with E-state index < -0.39 is 0 Å². The molecule has 2 aromatic carbocycles. The lowest BCUT2D eigenvalue weighted by atomic mass is 10.0. The van der Waals surface area contributed by atoms with Crippen LogP contribution >= 0.6 is 11.6 Å². The number of hydrogen-bond acceptors (Lipinski definition) is 4. The highest BCUT2D eigenvalue weighted by Gasteiger charge is 2.26. The summed E-state index contributed by atoms with van der Waals surface area (Å²) in [7, 11) is 1.65. The fourth-order valence-corrected chi connectivity index (χ4v) is 4.10. The Bertz CT molecular complexity index is 897. The molecule has 0 unspecified atom stereocenters. The summed E-state index contributed by atoms with van der Waals surface area (Å²) in [4.78, 5) is 16.9. The topological polar surface area (TPSA) is 54.0 Å². The fourth-order valence-electron chi connectivity index (χ4n) is 3.93. The molecule has 0 aromatic heterocycles. The van der Waals surface area contributed by atoms with E-state index in [1.54, 1.807) is 7.11 Å². The van der Waals surface area contributed by atoms with E-state index in [9.17, 15) is 4.79 Å². The molecular weight excluding hydrogens is 390 g/mol. The van der Waals surface area contributed by atoms with Crippen LogP contribution in [0.15, 0.2) is 36.4 Å². The molecule has 1 atom stereocenters. The SMILES string of the molecule is COc1ccc2c(c1)C[C@H](NC(=O)N1CCN(c3cc(Cl)ccc3C)CC1)CO2. The molecule has 0 saturated carbocycles. The predicted octanol–water partition coefficient (Wildman–Crippen LogP) is 3.49. The Morgan fingerprint density at radius 3 is 2.72 bits per heavy atom. The number of anilines is 1. The molecule has 4 rings (SSSR count). The third-order valence-corrected chi connectivity index (χ3v) is 5.82. The average Bonchev–Trinajstić information content (AvgIpc) is 2.75. The van der Waals surface area contributed by atoms with E-state index in [1.165, 1.54) is 5.56 Å². The summed E-state index contributed by atoms with van der Waals surface area (Å²) in [6.45, 7) is 5.49. The number of fused-ring (bicyclic) bond motifs is 1. The van der Waals surface area contributed by atoms with Crippen LogP contribution in [0.4, 0.5) is 10.5 Å². The summed E-state index contributed by atoms with van der Waals surface area (Å²) in [5.74, 6) is 1.66. The number of amides is 2. The molecular formula is C22H26ClN3O3. The first-order valence-corrected chi connectivity index (χ1v) is 10.3. The van der Waals surface area contributed by atoms with Crippen molar-refractivity contribution in [3.8, 4) is 11.5 Å². The Kier molecular flexibility index (Phi) is 5.72. The zero-order valence-electron chi connectivity index (χ0n) is 16.8. The van der Waals surface area contributed by atoms with Gasteiger partial charge in [-0.1, -0.05) is 17.7 Å². The van der Waals surface area contributed by atoms with Crippen molar-refractivity contribution in [2.75, 3.05) is 44.8 Å². The molecule has 154 valence electrons. The molecule has 1 N–H and O–H groups in total. The standard InChI is InChI=1S/C22H26ClN3O3/c1-15-3-4-17(23)13-20(15)25-7-9-26(10-8-25)22(27)24-18-11-16-12-19(28-2)5-6-21(16)29-14-18/h3-6,12-13,18H,7-11,14H2,1-2H3,(H,24,27)/t18-/m0/s1. The quantitative estimate of drug-likeness (QED) is 0.833. The van der Waals surface area contributed by atoms with Crippen LogP contribution in [0, 0.1) is 6.92 Å². The van der Waals surface area contributed by atoms with Gasteiger partial charge in [0.1, 0.15) is 18.1 Å². The van der Waals surface area contributed by atoms with Gasteiger partial charge in [0.25, 0.3) is 0 Å². The Balaban J connectivity index is 1.33. The Morgan fingerprint density at radius 1 is 1.17 bits per heavy atom. The zero-order chi connectivity index (χ0) is 20.4. The van der Waals surface area contributed by atoms with Crippen LogP contribution in [-0.4, -0.2) is 56.9 Å². The summed E-state index contributed by atoms with van der Waals surface area (Å²) < 4.78 is 11.1. The molecule has 2 amide bonds. The van der Waals surface area contributed by atoms with E-state index in [4.69, 9.17) is 21.1 Å². The van der Waals surface area contributed by atoms with Gasteiger partial charge >= 0.3 is 6.03 Å². The second kappa shape index (κ2) is 8.41. The number of urea groups is 1. The number of nitrogens with zero attached hydrogens (tertiary/aromatic N) is 2. The van der Waals surface area contributed by atoms with Crippen LogP contribution < -0.4 is 19.7 Å². The molecule has 1 saturated heterocycles. The minimum Gasteiger partial charge on any atom is -0.497 e. The van der Waals surface area contributed by atoms with Crippen molar-refractivity contribution in [1.29, 1.82) is 0 Å². The number of halogens is 1. The fraction of sp³-hybridized carbons (Fsp3) is 0.409. The Morgan fingerprint density at radius 2 is 1.97 bits per heavy atom. The first-order chi connectivity index (χ1) is 14.0. The van der Waals surface area contributed by atoms with Gasteiger partial charge in [0.15, 0.2) is 0 Å². The van der Waals surface area contributed by atoms with Crippen LogP contribution in [0.3, 0.4) is 0 Å². The van der Waals surface area contributed by atoms with Gasteiger partial charge in [-0.05, 0) is 54.8 Å². The van der Waals surface area contributed by atoms with Crippen molar-refractivity contribution in [3.05, 3.63) is 52.5 Å². The molecule has 1 fully saturated rings. The molecule has 0 radical (unpaired) electrons. The van der Waals surface area contributed by atoms with E-state index in [1.807, 2.05) is 41.3 Å². The number of methoxy groups -OCH3 is 1. The molecule has 0 bridgehead atoms. The first kappa shape index (κ1) is 19.7. The number of rotatable bonds is 3. The second-order valence-corrected chi connectivity index (χ2v) is 7.98. The minimum absolute atomic E-state index is 0.0348. The van der Waals surface area contributed by atoms with Crippen LogP contribution in [0.1, 0.15) is 11.1 Å². The summed E-state index contributed by atoms with van der Waals surface area (Å²) in [5, 5.41) is 3.86. The Hall–Kier alpha value is -2.60. The van der Waals surface area contributed by atoms with Crippen molar-refractivity contribution in [1.82, 2.24) is 10.2 Å². The van der Waals surface area contributed by atoms with Gasteiger partial charge < -0.3 is 24.6 Å². The maximum atomic E-state index is 12.8. The van der Waals surface area contributed by atoms with Crippen LogP contribution in [0.5, 0.6) is 11.5 Å². The molecule has 2 aliphatic heterocycles. The van der Waals surface area contributed by atoms with Crippen molar-refractivity contribution in [2.24, 2.45) is 0 Å². The maximum Gasteiger partial charge on any atom is 0.317 e. The van der Waals surface area contributed by atoms with Gasteiger partial charge in [-0.2, -0.15) is 0 Å². The van der Waals surface area contributed by atoms with E-state index in [2.05, 4.69) is 17.1 Å². The highest BCUT2D eigenvalue weighted by molar-refractivity contribution is 6.30. The van der Waals surface area contributed by atoms with Gasteiger partial charge in [-0.25, -0.2) is 4.79 Å². The number of aryl methyl sites for hydroxylation is 1. The number of piperazine rings is 1. The van der Waals surface area contributed by atoms with Crippen molar-refractivity contribution >= 4 is 23.3 Å². The van der Waals surface area contributed by atoms with Gasteiger partial charge in [0.2, 0.25) is 0 Å². The van der Waals surface area contributed by atoms with Gasteiger partial charge in [-0.3, -0.25) is 0 Å². The van der Waals surface area contributed by atoms with Crippen molar-refractivity contribution in [3.63, 3.8) is 0 Å². The Labute approximate surface area is 176 Å². The normalized spacial score (nSPS) is 18.7. The molecule has 7 heteroatoms. The van der Waals surface area contributed by atoms with Gasteiger partial charge in [0, 0.05) is 36.9 Å². The maximum absolute atomic E-state index is 12.8. The molecule has 2 aliphatic rings. The summed E-state index contributed by atoms with van der Waals surface area (Å²) >= 11 is 6.16. The highest BCUT2D eigenvalue weighted by Crippen LogP contribution is 2.29. The number of ether oxygens (including phenoxy) is 2. The first-order valence-electron chi connectivity index (χ1n) is 9.90. The number of hydrogen-bond donors (Lipinski definition) is 1. The van der Waals surface area contributed by atoms with Crippen LogP contribution in [-0.2, 0) is 6.42 Å². The minimum atomic E-state index is -0.0460. The van der Waals surface area contributed by atoms with Crippen molar-refractivity contribution < 1.29 is 14.3 Å². The molecule has 6 nitrogen and oxygen atoms in total. The molecule has 2 heterocycles. The third-order valence-electron chi connectivity index (χ3n) is 5.58. The molecule has 29 heavy (non-hydrogen) atoms.